The fourth-order valence-corrected chi connectivity index (χ4v) is 3.21. The molecule has 0 N–H and O–H groups in total. The zero-order valence-corrected chi connectivity index (χ0v) is 14.1. The lowest BCUT2D eigenvalue weighted by atomic mass is 9.90. The summed E-state index contributed by atoms with van der Waals surface area (Å²) in [5.74, 6) is 0. The first-order valence-corrected chi connectivity index (χ1v) is 8.58. The Morgan fingerprint density at radius 3 is 2.68 bits per heavy atom. The van der Waals surface area contributed by atoms with Gasteiger partial charge in [0.15, 0.2) is 0 Å². The summed E-state index contributed by atoms with van der Waals surface area (Å²) in [5.41, 5.74) is 1.64. The Morgan fingerprint density at radius 2 is 2.14 bits per heavy atom. The zero-order chi connectivity index (χ0) is 15.9. The highest BCUT2D eigenvalue weighted by molar-refractivity contribution is 5.43. The molecule has 22 heavy (non-hydrogen) atoms. The number of nitrogens with zero attached hydrogens (tertiary/aromatic N) is 3. The van der Waals surface area contributed by atoms with Gasteiger partial charge in [-0.15, -0.1) is 0 Å². The first-order valence-electron chi connectivity index (χ1n) is 8.58. The third kappa shape index (κ3) is 4.32. The van der Waals surface area contributed by atoms with E-state index < -0.39 is 0 Å². The fourth-order valence-electron chi connectivity index (χ4n) is 3.21. The summed E-state index contributed by atoms with van der Waals surface area (Å²) in [6, 6.07) is 3.66. The SMILES string of the molecule is C=C(CN1CCN(C2CCC2)CC1C)/C(C#N)=C\C=C/CC. The number of allylic oxidation sites excluding steroid dienone is 3. The Labute approximate surface area is 135 Å². The molecular weight excluding hydrogens is 270 g/mol. The number of rotatable bonds is 6. The lowest BCUT2D eigenvalue weighted by molar-refractivity contribution is 0.0346. The number of hydrogen-bond donors (Lipinski definition) is 0. The first kappa shape index (κ1) is 17.0. The van der Waals surface area contributed by atoms with Crippen molar-refractivity contribution in [3.63, 3.8) is 0 Å². The van der Waals surface area contributed by atoms with Crippen LogP contribution in [-0.4, -0.2) is 48.1 Å². The van der Waals surface area contributed by atoms with Crippen LogP contribution in [0.5, 0.6) is 0 Å². The van der Waals surface area contributed by atoms with Gasteiger partial charge in [0.25, 0.3) is 0 Å². The van der Waals surface area contributed by atoms with Gasteiger partial charge in [-0.25, -0.2) is 0 Å². The van der Waals surface area contributed by atoms with Gasteiger partial charge in [0, 0.05) is 38.3 Å². The van der Waals surface area contributed by atoms with Crippen molar-refractivity contribution in [2.24, 2.45) is 0 Å². The van der Waals surface area contributed by atoms with Crippen LogP contribution in [0, 0.1) is 11.3 Å². The summed E-state index contributed by atoms with van der Waals surface area (Å²) in [6.45, 7) is 12.7. The van der Waals surface area contributed by atoms with Gasteiger partial charge in [0.2, 0.25) is 0 Å². The first-order chi connectivity index (χ1) is 10.7. The largest absolute Gasteiger partial charge is 0.298 e. The maximum absolute atomic E-state index is 9.31. The second kappa shape index (κ2) is 8.31. The summed E-state index contributed by atoms with van der Waals surface area (Å²) in [7, 11) is 0. The maximum Gasteiger partial charge on any atom is 0.0994 e. The van der Waals surface area contributed by atoms with E-state index in [9.17, 15) is 5.26 Å². The van der Waals surface area contributed by atoms with E-state index in [2.05, 4.69) is 42.4 Å². The minimum Gasteiger partial charge on any atom is -0.298 e. The van der Waals surface area contributed by atoms with Gasteiger partial charge < -0.3 is 0 Å². The highest BCUT2D eigenvalue weighted by atomic mass is 15.3. The van der Waals surface area contributed by atoms with Gasteiger partial charge >= 0.3 is 0 Å². The Morgan fingerprint density at radius 1 is 1.36 bits per heavy atom. The molecule has 0 bridgehead atoms. The quantitative estimate of drug-likeness (QED) is 0.555. The standard InChI is InChI=1S/C19H29N3/c1-4-5-6-8-18(13-20)16(2)14-21-11-12-22(15-17(21)3)19-9-7-10-19/h5-6,8,17,19H,2,4,7,9-12,14-15H2,1,3H3/b6-5-,18-8-. The molecule has 0 aromatic heterocycles. The molecule has 120 valence electrons. The van der Waals surface area contributed by atoms with E-state index in [1.807, 2.05) is 12.2 Å². The minimum atomic E-state index is 0.539. The smallest absolute Gasteiger partial charge is 0.0994 e. The van der Waals surface area contributed by atoms with Crippen molar-refractivity contribution in [1.29, 1.82) is 5.26 Å². The topological polar surface area (TPSA) is 30.3 Å². The Bertz CT molecular complexity index is 479. The van der Waals surface area contributed by atoms with Crippen LogP contribution in [0.4, 0.5) is 0 Å². The van der Waals surface area contributed by atoms with Gasteiger partial charge in [-0.05, 0) is 37.8 Å². The van der Waals surface area contributed by atoms with Gasteiger partial charge in [0.05, 0.1) is 11.6 Å². The molecule has 1 unspecified atom stereocenters. The van der Waals surface area contributed by atoms with Crippen LogP contribution in [0.1, 0.15) is 39.5 Å². The third-order valence-corrected chi connectivity index (χ3v) is 4.92. The molecule has 1 aliphatic carbocycles. The molecule has 3 nitrogen and oxygen atoms in total. The highest BCUT2D eigenvalue weighted by Gasteiger charge is 2.31. The van der Waals surface area contributed by atoms with Crippen LogP contribution in [0.3, 0.4) is 0 Å². The molecule has 2 aliphatic rings. The Balaban J connectivity index is 1.87. The van der Waals surface area contributed by atoms with Crippen molar-refractivity contribution < 1.29 is 0 Å². The number of nitriles is 1. The van der Waals surface area contributed by atoms with E-state index >= 15 is 0 Å². The van der Waals surface area contributed by atoms with Crippen LogP contribution in [0.2, 0.25) is 0 Å². The molecule has 2 fully saturated rings. The van der Waals surface area contributed by atoms with Crippen LogP contribution in [0.25, 0.3) is 0 Å². The molecule has 1 heterocycles. The van der Waals surface area contributed by atoms with E-state index in [1.165, 1.54) is 19.3 Å². The van der Waals surface area contributed by atoms with E-state index in [4.69, 9.17) is 0 Å². The van der Waals surface area contributed by atoms with Crippen molar-refractivity contribution in [2.75, 3.05) is 26.2 Å². The Kier molecular flexibility index (Phi) is 6.42. The summed E-state index contributed by atoms with van der Waals surface area (Å²) in [5, 5.41) is 9.31. The highest BCUT2D eigenvalue weighted by Crippen LogP contribution is 2.27. The third-order valence-electron chi connectivity index (χ3n) is 4.92. The van der Waals surface area contributed by atoms with Crippen molar-refractivity contribution in [3.8, 4) is 6.07 Å². The molecule has 0 radical (unpaired) electrons. The molecular formula is C19H29N3. The Hall–Kier alpha value is -1.37. The van der Waals surface area contributed by atoms with Gasteiger partial charge in [0.1, 0.15) is 0 Å². The second-order valence-corrected chi connectivity index (χ2v) is 6.53. The molecule has 0 aromatic carbocycles. The molecule has 0 spiro atoms. The van der Waals surface area contributed by atoms with Crippen molar-refractivity contribution in [1.82, 2.24) is 9.80 Å². The lowest BCUT2D eigenvalue weighted by Gasteiger charge is -2.46. The molecule has 3 heteroatoms. The summed E-state index contributed by atoms with van der Waals surface area (Å²) >= 11 is 0. The molecule has 2 rings (SSSR count). The molecule has 0 amide bonds. The van der Waals surface area contributed by atoms with Crippen LogP contribution in [0.15, 0.2) is 36.0 Å². The average Bonchev–Trinajstić information content (AvgIpc) is 2.44. The van der Waals surface area contributed by atoms with Gasteiger partial charge in [-0.2, -0.15) is 5.26 Å². The predicted molar refractivity (Wildman–Crippen MR) is 92.5 cm³/mol. The number of piperazine rings is 1. The zero-order valence-electron chi connectivity index (χ0n) is 14.1. The van der Waals surface area contributed by atoms with Crippen LogP contribution < -0.4 is 0 Å². The number of hydrogen-bond acceptors (Lipinski definition) is 3. The molecule has 1 aliphatic heterocycles. The molecule has 1 saturated heterocycles. The van der Waals surface area contributed by atoms with E-state index in [0.29, 0.717) is 11.6 Å². The molecule has 1 saturated carbocycles. The van der Waals surface area contributed by atoms with E-state index in [0.717, 1.165) is 44.2 Å². The minimum absolute atomic E-state index is 0.539. The van der Waals surface area contributed by atoms with Gasteiger partial charge in [-0.1, -0.05) is 32.1 Å². The summed E-state index contributed by atoms with van der Waals surface area (Å²) in [6.07, 6.45) is 11.1. The average molecular weight is 299 g/mol. The monoisotopic (exact) mass is 299 g/mol. The van der Waals surface area contributed by atoms with Crippen LogP contribution >= 0.6 is 0 Å². The van der Waals surface area contributed by atoms with Crippen LogP contribution in [-0.2, 0) is 0 Å². The molecule has 0 aromatic rings. The normalized spacial score (nSPS) is 25.1. The predicted octanol–water partition coefficient (Wildman–Crippen LogP) is 3.52. The van der Waals surface area contributed by atoms with E-state index in [1.54, 1.807) is 0 Å². The fraction of sp³-hybridized carbons (Fsp3) is 0.632. The summed E-state index contributed by atoms with van der Waals surface area (Å²) < 4.78 is 0. The van der Waals surface area contributed by atoms with Crippen molar-refractivity contribution in [2.45, 2.75) is 51.6 Å². The summed E-state index contributed by atoms with van der Waals surface area (Å²) in [4.78, 5) is 5.12. The second-order valence-electron chi connectivity index (χ2n) is 6.53. The van der Waals surface area contributed by atoms with Gasteiger partial charge in [-0.3, -0.25) is 9.80 Å². The van der Waals surface area contributed by atoms with Crippen molar-refractivity contribution in [3.05, 3.63) is 36.0 Å². The maximum atomic E-state index is 9.31. The van der Waals surface area contributed by atoms with E-state index in [-0.39, 0.29) is 0 Å². The lowest BCUT2D eigenvalue weighted by Crippen LogP contribution is -2.56. The van der Waals surface area contributed by atoms with Crippen molar-refractivity contribution >= 4 is 0 Å². The molecule has 1 atom stereocenters.